The molecule has 1 heterocycles. The Balaban J connectivity index is 3.26. The number of hydrogen-bond acceptors (Lipinski definition) is 4. The number of rotatable bonds is 6. The van der Waals surface area contributed by atoms with E-state index in [-0.39, 0.29) is 17.5 Å². The SMILES string of the molecule is Cc1nn(C)c(C)c1S(=O)(=O)N(CCC(N)=S)C(C)C. The van der Waals surface area contributed by atoms with Crippen LogP contribution in [0.15, 0.2) is 4.90 Å². The fourth-order valence-corrected chi connectivity index (χ4v) is 4.25. The molecule has 0 aliphatic heterocycles. The molecule has 0 aromatic carbocycles. The van der Waals surface area contributed by atoms with E-state index in [1.165, 1.54) is 4.31 Å². The molecule has 0 unspecified atom stereocenters. The standard InChI is InChI=1S/C12H22N4O2S2/c1-8(2)16(7-6-11(13)19)20(17,18)12-9(3)14-15(5)10(12)4/h8H,6-7H2,1-5H3,(H2,13,19). The molecule has 1 aromatic heterocycles. The highest BCUT2D eigenvalue weighted by atomic mass is 32.2. The van der Waals surface area contributed by atoms with Gasteiger partial charge in [-0.15, -0.1) is 0 Å². The first kappa shape index (κ1) is 17.1. The van der Waals surface area contributed by atoms with E-state index in [4.69, 9.17) is 18.0 Å². The Morgan fingerprint density at radius 3 is 2.35 bits per heavy atom. The minimum Gasteiger partial charge on any atom is -0.393 e. The van der Waals surface area contributed by atoms with Crippen LogP contribution in [0.25, 0.3) is 0 Å². The molecule has 0 saturated carbocycles. The third-order valence-electron chi connectivity index (χ3n) is 3.16. The van der Waals surface area contributed by atoms with Gasteiger partial charge in [-0.25, -0.2) is 8.42 Å². The van der Waals surface area contributed by atoms with Crippen molar-refractivity contribution < 1.29 is 8.42 Å². The van der Waals surface area contributed by atoms with E-state index in [9.17, 15) is 8.42 Å². The summed E-state index contributed by atoms with van der Waals surface area (Å²) in [4.78, 5) is 0.585. The summed E-state index contributed by atoms with van der Waals surface area (Å²) in [6, 6.07) is -0.173. The molecule has 0 aliphatic rings. The molecule has 8 heteroatoms. The minimum atomic E-state index is -3.60. The van der Waals surface area contributed by atoms with Crippen LogP contribution in [0.4, 0.5) is 0 Å². The van der Waals surface area contributed by atoms with Crippen LogP contribution in [0.2, 0.25) is 0 Å². The van der Waals surface area contributed by atoms with Gasteiger partial charge >= 0.3 is 0 Å². The second-order valence-corrected chi connectivity index (χ2v) is 7.40. The van der Waals surface area contributed by atoms with Crippen molar-refractivity contribution in [3.8, 4) is 0 Å². The predicted octanol–water partition coefficient (Wildman–Crippen LogP) is 1.11. The third kappa shape index (κ3) is 3.36. The average molecular weight is 318 g/mol. The van der Waals surface area contributed by atoms with E-state index < -0.39 is 10.0 Å². The van der Waals surface area contributed by atoms with Gasteiger partial charge in [0.25, 0.3) is 0 Å². The fourth-order valence-electron chi connectivity index (χ4n) is 2.12. The maximum Gasteiger partial charge on any atom is 0.246 e. The van der Waals surface area contributed by atoms with Crippen LogP contribution >= 0.6 is 12.2 Å². The zero-order valence-corrected chi connectivity index (χ0v) is 14.2. The molecule has 0 bridgehead atoms. The molecule has 20 heavy (non-hydrogen) atoms. The lowest BCUT2D eigenvalue weighted by atomic mass is 10.3. The number of thiocarbonyl (C=S) groups is 1. The number of nitrogens with two attached hydrogens (primary N) is 1. The number of nitrogens with zero attached hydrogens (tertiary/aromatic N) is 3. The minimum absolute atomic E-state index is 0.173. The highest BCUT2D eigenvalue weighted by molar-refractivity contribution is 7.89. The molecule has 114 valence electrons. The summed E-state index contributed by atoms with van der Waals surface area (Å²) in [5, 5.41) is 4.17. The average Bonchev–Trinajstić information content (AvgIpc) is 2.51. The highest BCUT2D eigenvalue weighted by Gasteiger charge is 2.32. The van der Waals surface area contributed by atoms with Crippen LogP contribution in [-0.2, 0) is 17.1 Å². The van der Waals surface area contributed by atoms with E-state index in [1.807, 2.05) is 13.8 Å². The van der Waals surface area contributed by atoms with Gasteiger partial charge in [-0.2, -0.15) is 9.40 Å². The van der Waals surface area contributed by atoms with Crippen molar-refractivity contribution in [2.24, 2.45) is 12.8 Å². The number of aromatic nitrogens is 2. The van der Waals surface area contributed by atoms with Gasteiger partial charge in [0.1, 0.15) is 4.90 Å². The van der Waals surface area contributed by atoms with Crippen LogP contribution < -0.4 is 5.73 Å². The zero-order valence-electron chi connectivity index (χ0n) is 12.5. The maximum atomic E-state index is 12.8. The third-order valence-corrected chi connectivity index (χ3v) is 5.70. The lowest BCUT2D eigenvalue weighted by Crippen LogP contribution is -2.39. The Kier molecular flexibility index (Phi) is 5.28. The summed E-state index contributed by atoms with van der Waals surface area (Å²) >= 11 is 4.84. The smallest absolute Gasteiger partial charge is 0.246 e. The van der Waals surface area contributed by atoms with Crippen molar-refractivity contribution in [3.05, 3.63) is 11.4 Å². The van der Waals surface area contributed by atoms with Crippen LogP contribution in [0.3, 0.4) is 0 Å². The number of aryl methyl sites for hydroxylation is 2. The Labute approximate surface area is 126 Å². The summed E-state index contributed by atoms with van der Waals surface area (Å²) in [7, 11) is -1.87. The first-order chi connectivity index (χ1) is 9.09. The van der Waals surface area contributed by atoms with Crippen molar-refractivity contribution in [1.29, 1.82) is 0 Å². The second kappa shape index (κ2) is 6.19. The lowest BCUT2D eigenvalue weighted by molar-refractivity contribution is 0.362. The Morgan fingerprint density at radius 1 is 1.45 bits per heavy atom. The van der Waals surface area contributed by atoms with E-state index in [0.717, 1.165) is 0 Å². The molecule has 0 aliphatic carbocycles. The zero-order chi connectivity index (χ0) is 15.7. The van der Waals surface area contributed by atoms with E-state index in [1.54, 1.807) is 25.6 Å². The van der Waals surface area contributed by atoms with E-state index in [2.05, 4.69) is 5.10 Å². The van der Waals surface area contributed by atoms with Crippen LogP contribution in [0.1, 0.15) is 31.7 Å². The normalized spacial score (nSPS) is 12.3. The molecular weight excluding hydrogens is 296 g/mol. The molecule has 6 nitrogen and oxygen atoms in total. The molecule has 0 radical (unpaired) electrons. The fraction of sp³-hybridized carbons (Fsp3) is 0.667. The van der Waals surface area contributed by atoms with Gasteiger partial charge in [0.05, 0.1) is 16.4 Å². The second-order valence-electron chi connectivity index (χ2n) is 5.05. The van der Waals surface area contributed by atoms with Gasteiger partial charge in [-0.3, -0.25) is 4.68 Å². The summed E-state index contributed by atoms with van der Waals surface area (Å²) in [5.74, 6) is 0. The van der Waals surface area contributed by atoms with Gasteiger partial charge in [0.15, 0.2) is 0 Å². The summed E-state index contributed by atoms with van der Waals surface area (Å²) in [6.45, 7) is 7.39. The van der Waals surface area contributed by atoms with Crippen molar-refractivity contribution in [2.45, 2.75) is 45.1 Å². The maximum absolute atomic E-state index is 12.8. The molecule has 1 aromatic rings. The monoisotopic (exact) mass is 318 g/mol. The first-order valence-electron chi connectivity index (χ1n) is 6.39. The van der Waals surface area contributed by atoms with Gasteiger partial charge in [-0.05, 0) is 27.7 Å². The predicted molar refractivity (Wildman–Crippen MR) is 83.1 cm³/mol. The first-order valence-corrected chi connectivity index (χ1v) is 8.24. The molecule has 0 amide bonds. The molecule has 0 atom stereocenters. The van der Waals surface area contributed by atoms with E-state index in [0.29, 0.717) is 22.8 Å². The number of hydrogen-bond donors (Lipinski definition) is 1. The van der Waals surface area contributed by atoms with Gasteiger partial charge in [0.2, 0.25) is 10.0 Å². The number of sulfonamides is 1. The van der Waals surface area contributed by atoms with Crippen molar-refractivity contribution in [3.63, 3.8) is 0 Å². The lowest BCUT2D eigenvalue weighted by Gasteiger charge is -2.25. The van der Waals surface area contributed by atoms with Crippen LogP contribution in [0, 0.1) is 13.8 Å². The quantitative estimate of drug-likeness (QED) is 0.795. The van der Waals surface area contributed by atoms with Crippen LogP contribution in [0.5, 0.6) is 0 Å². The van der Waals surface area contributed by atoms with E-state index >= 15 is 0 Å². The van der Waals surface area contributed by atoms with Gasteiger partial charge < -0.3 is 5.73 Å². The highest BCUT2D eigenvalue weighted by Crippen LogP contribution is 2.24. The van der Waals surface area contributed by atoms with Crippen LogP contribution in [-0.4, -0.2) is 40.1 Å². The summed E-state index contributed by atoms with van der Waals surface area (Å²) in [5.41, 5.74) is 6.61. The topological polar surface area (TPSA) is 81.2 Å². The Hall–Kier alpha value is -0.990. The molecular formula is C12H22N4O2S2. The molecule has 0 spiro atoms. The van der Waals surface area contributed by atoms with Crippen molar-refractivity contribution in [1.82, 2.24) is 14.1 Å². The Morgan fingerprint density at radius 2 is 2.00 bits per heavy atom. The molecule has 1 rings (SSSR count). The molecule has 2 N–H and O–H groups in total. The van der Waals surface area contributed by atoms with Crippen molar-refractivity contribution in [2.75, 3.05) is 6.54 Å². The molecule has 0 saturated heterocycles. The summed E-state index contributed by atoms with van der Waals surface area (Å²) in [6.07, 6.45) is 0.366. The largest absolute Gasteiger partial charge is 0.393 e. The summed E-state index contributed by atoms with van der Waals surface area (Å²) < 4.78 is 28.7. The van der Waals surface area contributed by atoms with Gasteiger partial charge in [-0.1, -0.05) is 12.2 Å². The van der Waals surface area contributed by atoms with Crippen molar-refractivity contribution >= 4 is 27.2 Å². The Bertz CT molecular complexity index is 605. The molecule has 0 fully saturated rings. The van der Waals surface area contributed by atoms with Gasteiger partial charge in [0, 0.05) is 26.1 Å².